The van der Waals surface area contributed by atoms with Crippen molar-refractivity contribution in [3.63, 3.8) is 0 Å². The van der Waals surface area contributed by atoms with Crippen molar-refractivity contribution in [2.75, 3.05) is 39.6 Å². The first kappa shape index (κ1) is 33.1. The lowest BCUT2D eigenvalue weighted by atomic mass is 10.1. The second-order valence-electron chi connectivity index (χ2n) is 10.5. The standard InChI is InChI=1S/C30H32Cl2N4O8/c1-19(33-13-23(37)35(24(38)14-33)17-43-29(41)27(31)21-9-5-3-6-10-21)20(2)34-15-25(39)36(26(40)16-34)18-44-30(42)28(32)22-11-7-4-8-12-22/h3-12,19-20,27-28H,13-18H2,1-2H3. The number of benzene rings is 2. The van der Waals surface area contributed by atoms with Crippen molar-refractivity contribution < 1.29 is 38.2 Å². The Labute approximate surface area is 264 Å². The average molecular weight is 648 g/mol. The van der Waals surface area contributed by atoms with Crippen molar-refractivity contribution in [3.8, 4) is 0 Å². The summed E-state index contributed by atoms with van der Waals surface area (Å²) in [7, 11) is 0. The Kier molecular flexibility index (Phi) is 11.1. The van der Waals surface area contributed by atoms with E-state index in [0.717, 1.165) is 9.80 Å². The second kappa shape index (κ2) is 14.8. The van der Waals surface area contributed by atoms with Gasteiger partial charge in [0.25, 0.3) is 0 Å². The average Bonchev–Trinajstić information content (AvgIpc) is 3.02. The number of carbonyl (C=O) groups excluding carboxylic acids is 6. The molecule has 0 spiro atoms. The molecule has 234 valence electrons. The number of nitrogens with zero attached hydrogens (tertiary/aromatic N) is 4. The zero-order valence-electron chi connectivity index (χ0n) is 24.1. The molecule has 2 aromatic rings. The largest absolute Gasteiger partial charge is 0.442 e. The van der Waals surface area contributed by atoms with Gasteiger partial charge in [0.2, 0.25) is 23.6 Å². The molecule has 0 saturated carbocycles. The van der Waals surface area contributed by atoms with Crippen molar-refractivity contribution in [2.24, 2.45) is 0 Å². The maximum absolute atomic E-state index is 12.8. The first-order valence-corrected chi connectivity index (χ1v) is 14.7. The van der Waals surface area contributed by atoms with Crippen molar-refractivity contribution in [2.45, 2.75) is 36.7 Å². The maximum Gasteiger partial charge on any atom is 0.330 e. The van der Waals surface area contributed by atoms with E-state index >= 15 is 0 Å². The van der Waals surface area contributed by atoms with Crippen LogP contribution in [0.15, 0.2) is 60.7 Å². The Morgan fingerprint density at radius 2 is 0.909 bits per heavy atom. The van der Waals surface area contributed by atoms with Crippen LogP contribution in [0.25, 0.3) is 0 Å². The molecule has 2 aliphatic heterocycles. The van der Waals surface area contributed by atoms with Crippen molar-refractivity contribution in [1.29, 1.82) is 0 Å². The summed E-state index contributed by atoms with van der Waals surface area (Å²) in [6, 6.07) is 16.3. The zero-order chi connectivity index (χ0) is 32.0. The predicted molar refractivity (Wildman–Crippen MR) is 158 cm³/mol. The molecule has 4 rings (SSSR count). The van der Waals surface area contributed by atoms with Crippen LogP contribution < -0.4 is 0 Å². The summed E-state index contributed by atoms with van der Waals surface area (Å²) in [5.74, 6) is -3.83. The number of hydrogen-bond donors (Lipinski definition) is 0. The number of rotatable bonds is 11. The van der Waals surface area contributed by atoms with Gasteiger partial charge in [-0.1, -0.05) is 60.7 Å². The van der Waals surface area contributed by atoms with E-state index in [1.165, 1.54) is 0 Å². The fourth-order valence-electron chi connectivity index (χ4n) is 4.82. The molecule has 2 fully saturated rings. The summed E-state index contributed by atoms with van der Waals surface area (Å²) in [6.45, 7) is 1.88. The lowest BCUT2D eigenvalue weighted by Gasteiger charge is -2.43. The molecule has 0 radical (unpaired) electrons. The molecule has 12 nitrogen and oxygen atoms in total. The normalized spacial score (nSPS) is 19.4. The number of hydrogen-bond acceptors (Lipinski definition) is 10. The van der Waals surface area contributed by atoms with Crippen LogP contribution >= 0.6 is 23.2 Å². The van der Waals surface area contributed by atoms with E-state index in [-0.39, 0.29) is 26.2 Å². The van der Waals surface area contributed by atoms with Crippen LogP contribution in [0.1, 0.15) is 35.7 Å². The Morgan fingerprint density at radius 1 is 0.614 bits per heavy atom. The molecule has 2 saturated heterocycles. The third-order valence-electron chi connectivity index (χ3n) is 7.68. The summed E-state index contributed by atoms with van der Waals surface area (Å²) in [6.07, 6.45) is 0. The molecule has 44 heavy (non-hydrogen) atoms. The smallest absolute Gasteiger partial charge is 0.330 e. The number of halogens is 2. The highest BCUT2D eigenvalue weighted by atomic mass is 35.5. The highest BCUT2D eigenvalue weighted by Gasteiger charge is 2.40. The Hall–Kier alpha value is -3.84. The van der Waals surface area contributed by atoms with Crippen LogP contribution in [0.5, 0.6) is 0 Å². The molecule has 4 atom stereocenters. The van der Waals surface area contributed by atoms with Gasteiger partial charge in [-0.15, -0.1) is 23.2 Å². The van der Waals surface area contributed by atoms with Crippen molar-refractivity contribution in [1.82, 2.24) is 19.6 Å². The van der Waals surface area contributed by atoms with Crippen LogP contribution in [0, 0.1) is 0 Å². The van der Waals surface area contributed by atoms with Crippen molar-refractivity contribution >= 4 is 58.8 Å². The summed E-state index contributed by atoms with van der Waals surface area (Å²) < 4.78 is 10.3. The second-order valence-corrected chi connectivity index (χ2v) is 11.3. The molecule has 0 bridgehead atoms. The molecule has 2 aliphatic rings. The number of amides is 4. The summed E-state index contributed by atoms with van der Waals surface area (Å²) in [5.41, 5.74) is 1.05. The Bertz CT molecular complexity index is 1250. The molecular formula is C30H32Cl2N4O8. The quantitative estimate of drug-likeness (QED) is 0.203. The lowest BCUT2D eigenvalue weighted by molar-refractivity contribution is -0.168. The molecule has 14 heteroatoms. The van der Waals surface area contributed by atoms with Crippen LogP contribution in [-0.2, 0) is 38.2 Å². The number of ether oxygens (including phenoxy) is 2. The number of alkyl halides is 2. The van der Waals surface area contributed by atoms with Gasteiger partial charge in [0.05, 0.1) is 26.2 Å². The van der Waals surface area contributed by atoms with Gasteiger partial charge in [-0.3, -0.25) is 38.6 Å². The summed E-state index contributed by atoms with van der Waals surface area (Å²) in [4.78, 5) is 81.1. The number of esters is 2. The molecule has 0 N–H and O–H groups in total. The minimum absolute atomic E-state index is 0.142. The minimum Gasteiger partial charge on any atom is -0.442 e. The maximum atomic E-state index is 12.8. The highest BCUT2D eigenvalue weighted by molar-refractivity contribution is 6.30. The van der Waals surface area contributed by atoms with Gasteiger partial charge < -0.3 is 9.47 Å². The fourth-order valence-corrected chi connectivity index (χ4v) is 5.24. The number of carbonyl (C=O) groups is 6. The Morgan fingerprint density at radius 3 is 1.20 bits per heavy atom. The topological polar surface area (TPSA) is 134 Å². The first-order chi connectivity index (χ1) is 21.0. The molecule has 4 unspecified atom stereocenters. The molecule has 0 aliphatic carbocycles. The Balaban J connectivity index is 1.26. The lowest BCUT2D eigenvalue weighted by Crippen LogP contribution is -2.63. The van der Waals surface area contributed by atoms with Gasteiger partial charge >= 0.3 is 11.9 Å². The van der Waals surface area contributed by atoms with E-state index in [0.29, 0.717) is 11.1 Å². The van der Waals surface area contributed by atoms with Gasteiger partial charge in [0.1, 0.15) is 0 Å². The number of piperazine rings is 2. The van der Waals surface area contributed by atoms with E-state index in [1.54, 1.807) is 84.3 Å². The van der Waals surface area contributed by atoms with Gasteiger partial charge in [0.15, 0.2) is 24.2 Å². The zero-order valence-corrected chi connectivity index (χ0v) is 25.6. The third kappa shape index (κ3) is 7.81. The number of imide groups is 2. The van der Waals surface area contributed by atoms with Gasteiger partial charge in [-0.25, -0.2) is 9.80 Å². The molecule has 0 aromatic heterocycles. The molecular weight excluding hydrogens is 615 g/mol. The van der Waals surface area contributed by atoms with Crippen LogP contribution in [-0.4, -0.2) is 107 Å². The predicted octanol–water partition coefficient (Wildman–Crippen LogP) is 2.07. The van der Waals surface area contributed by atoms with Gasteiger partial charge in [0, 0.05) is 12.1 Å². The van der Waals surface area contributed by atoms with E-state index < -0.39 is 71.9 Å². The molecule has 4 amide bonds. The van der Waals surface area contributed by atoms with Crippen LogP contribution in [0.4, 0.5) is 0 Å². The monoisotopic (exact) mass is 646 g/mol. The molecule has 2 aromatic carbocycles. The SMILES string of the molecule is CC(C(C)N1CC(=O)N(COC(=O)C(Cl)c2ccccc2)C(=O)C1)N1CC(=O)N(COC(=O)C(Cl)c2ccccc2)C(=O)C1. The van der Waals surface area contributed by atoms with E-state index in [4.69, 9.17) is 32.7 Å². The summed E-state index contributed by atoms with van der Waals surface area (Å²) >= 11 is 12.3. The fraction of sp³-hybridized carbons (Fsp3) is 0.400. The first-order valence-electron chi connectivity index (χ1n) is 13.8. The highest BCUT2D eigenvalue weighted by Crippen LogP contribution is 2.24. The van der Waals surface area contributed by atoms with E-state index in [2.05, 4.69) is 0 Å². The minimum atomic E-state index is -1.09. The summed E-state index contributed by atoms with van der Waals surface area (Å²) in [5, 5.41) is -2.18. The van der Waals surface area contributed by atoms with Crippen LogP contribution in [0.3, 0.4) is 0 Å². The van der Waals surface area contributed by atoms with E-state index in [1.807, 2.05) is 0 Å². The van der Waals surface area contributed by atoms with Crippen LogP contribution in [0.2, 0.25) is 0 Å². The van der Waals surface area contributed by atoms with Gasteiger partial charge in [-0.2, -0.15) is 0 Å². The molecule has 2 heterocycles. The van der Waals surface area contributed by atoms with Crippen molar-refractivity contribution in [3.05, 3.63) is 71.8 Å². The third-order valence-corrected chi connectivity index (χ3v) is 8.54. The van der Waals surface area contributed by atoms with Gasteiger partial charge in [-0.05, 0) is 25.0 Å². The van der Waals surface area contributed by atoms with E-state index in [9.17, 15) is 28.8 Å².